The molecule has 3 N–H and O–H groups in total. The Hall–Kier alpha value is -2.56. The zero-order valence-corrected chi connectivity index (χ0v) is 12.2. The second-order valence-electron chi connectivity index (χ2n) is 5.40. The van der Waals surface area contributed by atoms with Gasteiger partial charge in [-0.25, -0.2) is 4.39 Å². The maximum atomic E-state index is 13.4. The summed E-state index contributed by atoms with van der Waals surface area (Å²) in [5, 5.41) is 2.74. The fourth-order valence-electron chi connectivity index (χ4n) is 2.66. The lowest BCUT2D eigenvalue weighted by Crippen LogP contribution is -2.18. The number of nitrogens with two attached hydrogens (primary N) is 1. The van der Waals surface area contributed by atoms with Crippen LogP contribution in [0.5, 0.6) is 0 Å². The molecule has 1 fully saturated rings. The van der Waals surface area contributed by atoms with Gasteiger partial charge in [0.25, 0.3) is 5.91 Å². The quantitative estimate of drug-likeness (QED) is 0.855. The van der Waals surface area contributed by atoms with Crippen LogP contribution in [-0.4, -0.2) is 19.0 Å². The summed E-state index contributed by atoms with van der Waals surface area (Å²) in [5.41, 5.74) is 7.43. The van der Waals surface area contributed by atoms with Crippen LogP contribution >= 0.6 is 0 Å². The number of nitrogen functional groups attached to an aromatic ring is 1. The number of hydrogen-bond donors (Lipinski definition) is 2. The van der Waals surface area contributed by atoms with Crippen molar-refractivity contribution < 1.29 is 9.18 Å². The molecule has 0 unspecified atom stereocenters. The molecule has 1 aliphatic rings. The molecule has 4 nitrogen and oxygen atoms in total. The van der Waals surface area contributed by atoms with Crippen molar-refractivity contribution in [2.45, 2.75) is 12.8 Å². The summed E-state index contributed by atoms with van der Waals surface area (Å²) < 4.78 is 13.4. The van der Waals surface area contributed by atoms with Gasteiger partial charge in [0.05, 0.1) is 11.3 Å². The number of carbonyl (C=O) groups is 1. The van der Waals surface area contributed by atoms with E-state index in [9.17, 15) is 9.18 Å². The average molecular weight is 299 g/mol. The van der Waals surface area contributed by atoms with Crippen molar-refractivity contribution in [3.05, 3.63) is 53.8 Å². The SMILES string of the molecule is Nc1c(F)cccc1C(=O)Nc1ccc(N2CCCC2)cc1. The lowest BCUT2D eigenvalue weighted by molar-refractivity contribution is 0.102. The lowest BCUT2D eigenvalue weighted by atomic mass is 10.1. The monoisotopic (exact) mass is 299 g/mol. The third-order valence-corrected chi connectivity index (χ3v) is 3.89. The van der Waals surface area contributed by atoms with Crippen molar-refractivity contribution in [3.63, 3.8) is 0 Å². The van der Waals surface area contributed by atoms with Crippen LogP contribution in [0, 0.1) is 5.82 Å². The van der Waals surface area contributed by atoms with E-state index in [0.717, 1.165) is 18.8 Å². The van der Waals surface area contributed by atoms with E-state index < -0.39 is 11.7 Å². The topological polar surface area (TPSA) is 58.4 Å². The Morgan fingerprint density at radius 1 is 1.09 bits per heavy atom. The molecule has 1 amide bonds. The largest absolute Gasteiger partial charge is 0.396 e. The fourth-order valence-corrected chi connectivity index (χ4v) is 2.66. The molecular formula is C17H18FN3O. The number of nitrogens with one attached hydrogen (secondary N) is 1. The highest BCUT2D eigenvalue weighted by Gasteiger charge is 2.14. The Morgan fingerprint density at radius 2 is 1.77 bits per heavy atom. The number of nitrogens with zero attached hydrogens (tertiary/aromatic N) is 1. The molecule has 1 heterocycles. The third-order valence-electron chi connectivity index (χ3n) is 3.89. The van der Waals surface area contributed by atoms with E-state index >= 15 is 0 Å². The minimum atomic E-state index is -0.586. The molecule has 22 heavy (non-hydrogen) atoms. The highest BCUT2D eigenvalue weighted by molar-refractivity contribution is 6.07. The molecule has 114 valence electrons. The van der Waals surface area contributed by atoms with E-state index in [2.05, 4.69) is 10.2 Å². The van der Waals surface area contributed by atoms with E-state index in [1.807, 2.05) is 24.3 Å². The number of carbonyl (C=O) groups excluding carboxylic acids is 1. The minimum absolute atomic E-state index is 0.131. The summed E-state index contributed by atoms with van der Waals surface area (Å²) in [7, 11) is 0. The molecule has 0 bridgehead atoms. The van der Waals surface area contributed by atoms with Gasteiger partial charge in [-0.05, 0) is 49.2 Å². The van der Waals surface area contributed by atoms with Crippen molar-refractivity contribution >= 4 is 23.0 Å². The second kappa shape index (κ2) is 6.05. The molecule has 0 spiro atoms. The van der Waals surface area contributed by atoms with Gasteiger partial charge < -0.3 is 16.0 Å². The van der Waals surface area contributed by atoms with Crippen LogP contribution < -0.4 is 16.0 Å². The minimum Gasteiger partial charge on any atom is -0.396 e. The Morgan fingerprint density at radius 3 is 2.45 bits per heavy atom. The average Bonchev–Trinajstić information content (AvgIpc) is 3.05. The van der Waals surface area contributed by atoms with Crippen molar-refractivity contribution in [2.75, 3.05) is 29.0 Å². The van der Waals surface area contributed by atoms with Gasteiger partial charge in [-0.1, -0.05) is 6.07 Å². The molecule has 1 aliphatic heterocycles. The van der Waals surface area contributed by atoms with Crippen molar-refractivity contribution in [2.24, 2.45) is 0 Å². The summed E-state index contributed by atoms with van der Waals surface area (Å²) in [6.45, 7) is 2.15. The van der Waals surface area contributed by atoms with E-state index in [-0.39, 0.29) is 11.3 Å². The number of halogens is 1. The maximum Gasteiger partial charge on any atom is 0.257 e. The lowest BCUT2D eigenvalue weighted by Gasteiger charge is -2.17. The zero-order valence-electron chi connectivity index (χ0n) is 12.2. The van der Waals surface area contributed by atoms with E-state index in [1.165, 1.54) is 31.0 Å². The standard InChI is InChI=1S/C17H18FN3O/c18-15-5-3-4-14(16(15)19)17(22)20-12-6-8-13(9-7-12)21-10-1-2-11-21/h3-9H,1-2,10-11,19H2,(H,20,22). The molecule has 5 heteroatoms. The van der Waals surface area contributed by atoms with Crippen LogP contribution in [0.1, 0.15) is 23.2 Å². The molecule has 2 aromatic carbocycles. The number of hydrogen-bond acceptors (Lipinski definition) is 3. The first-order valence-electron chi connectivity index (χ1n) is 7.35. The van der Waals surface area contributed by atoms with E-state index in [0.29, 0.717) is 5.69 Å². The molecule has 0 atom stereocenters. The van der Waals surface area contributed by atoms with Crippen molar-refractivity contribution in [1.82, 2.24) is 0 Å². The summed E-state index contributed by atoms with van der Waals surface area (Å²) in [6, 6.07) is 11.9. The van der Waals surface area contributed by atoms with Gasteiger partial charge in [0, 0.05) is 24.5 Å². The predicted molar refractivity (Wildman–Crippen MR) is 86.7 cm³/mol. The number of benzene rings is 2. The molecule has 1 saturated heterocycles. The number of para-hydroxylation sites is 1. The maximum absolute atomic E-state index is 13.4. The first-order valence-corrected chi connectivity index (χ1v) is 7.35. The normalized spacial score (nSPS) is 14.1. The van der Waals surface area contributed by atoms with E-state index in [1.54, 1.807) is 0 Å². The Kier molecular flexibility index (Phi) is 3.96. The molecular weight excluding hydrogens is 281 g/mol. The Balaban J connectivity index is 1.72. The van der Waals surface area contributed by atoms with Gasteiger partial charge in [-0.3, -0.25) is 4.79 Å². The van der Waals surface area contributed by atoms with Crippen molar-refractivity contribution in [3.8, 4) is 0 Å². The van der Waals surface area contributed by atoms with Crippen LogP contribution in [0.4, 0.5) is 21.5 Å². The molecule has 3 rings (SSSR count). The highest BCUT2D eigenvalue weighted by atomic mass is 19.1. The summed E-state index contributed by atoms with van der Waals surface area (Å²) in [5.74, 6) is -0.997. The Labute approximate surface area is 128 Å². The van der Waals surface area contributed by atoms with Crippen molar-refractivity contribution in [1.29, 1.82) is 0 Å². The number of anilines is 3. The van der Waals surface area contributed by atoms with Crippen LogP contribution in [-0.2, 0) is 0 Å². The molecule has 0 aliphatic carbocycles. The molecule has 2 aromatic rings. The number of amides is 1. The first kappa shape index (κ1) is 14.4. The first-order chi connectivity index (χ1) is 10.6. The van der Waals surface area contributed by atoms with Crippen LogP contribution in [0.25, 0.3) is 0 Å². The smallest absolute Gasteiger partial charge is 0.257 e. The molecule has 0 saturated carbocycles. The molecule has 0 aromatic heterocycles. The second-order valence-corrected chi connectivity index (χ2v) is 5.40. The van der Waals surface area contributed by atoms with Crippen LogP contribution in [0.2, 0.25) is 0 Å². The van der Waals surface area contributed by atoms with Crippen LogP contribution in [0.3, 0.4) is 0 Å². The van der Waals surface area contributed by atoms with Gasteiger partial charge in [-0.2, -0.15) is 0 Å². The number of rotatable bonds is 3. The summed E-state index contributed by atoms with van der Waals surface area (Å²) in [6.07, 6.45) is 2.44. The summed E-state index contributed by atoms with van der Waals surface area (Å²) >= 11 is 0. The highest BCUT2D eigenvalue weighted by Crippen LogP contribution is 2.23. The summed E-state index contributed by atoms with van der Waals surface area (Å²) in [4.78, 5) is 14.5. The van der Waals surface area contributed by atoms with Gasteiger partial charge in [-0.15, -0.1) is 0 Å². The molecule has 0 radical (unpaired) electrons. The van der Waals surface area contributed by atoms with Crippen LogP contribution in [0.15, 0.2) is 42.5 Å². The van der Waals surface area contributed by atoms with Gasteiger partial charge >= 0.3 is 0 Å². The van der Waals surface area contributed by atoms with E-state index in [4.69, 9.17) is 5.73 Å². The zero-order chi connectivity index (χ0) is 15.5. The third kappa shape index (κ3) is 2.88. The Bertz CT molecular complexity index is 679. The fraction of sp³-hybridized carbons (Fsp3) is 0.235. The predicted octanol–water partition coefficient (Wildman–Crippen LogP) is 3.26. The van der Waals surface area contributed by atoms with Gasteiger partial charge in [0.1, 0.15) is 5.82 Å². The van der Waals surface area contributed by atoms with Gasteiger partial charge in [0.2, 0.25) is 0 Å². The van der Waals surface area contributed by atoms with Gasteiger partial charge in [0.15, 0.2) is 0 Å².